The topological polar surface area (TPSA) is 95.2 Å². The number of rotatable bonds is 4. The number of aromatic nitrogens is 3. The predicted octanol–water partition coefficient (Wildman–Crippen LogP) is 1.88. The average molecular weight is 348 g/mol. The van der Waals surface area contributed by atoms with E-state index >= 15 is 0 Å². The molecule has 9 heteroatoms. The number of amides is 2. The van der Waals surface area contributed by atoms with Crippen LogP contribution in [0.5, 0.6) is 0 Å². The number of carbonyl (C=O) groups is 1. The number of anilines is 2. The zero-order valence-corrected chi connectivity index (χ0v) is 14.1. The average Bonchev–Trinajstić information content (AvgIpc) is 3.05. The molecule has 2 aromatic rings. The molecule has 0 radical (unpaired) electrons. The van der Waals surface area contributed by atoms with Crippen molar-refractivity contribution in [2.24, 2.45) is 0 Å². The summed E-state index contributed by atoms with van der Waals surface area (Å²) < 4.78 is 20.1. The van der Waals surface area contributed by atoms with Crippen LogP contribution in [0.2, 0.25) is 0 Å². The highest BCUT2D eigenvalue weighted by Gasteiger charge is 2.24. The molecule has 1 aromatic carbocycles. The normalized spacial score (nSPS) is 20.4. The van der Waals surface area contributed by atoms with Crippen molar-refractivity contribution < 1.29 is 13.9 Å². The van der Waals surface area contributed by atoms with Crippen molar-refractivity contribution in [2.75, 3.05) is 23.3 Å². The maximum atomic E-state index is 14.5. The first-order valence-corrected chi connectivity index (χ1v) is 8.10. The Morgan fingerprint density at radius 3 is 2.80 bits per heavy atom. The van der Waals surface area contributed by atoms with Gasteiger partial charge < -0.3 is 20.3 Å². The van der Waals surface area contributed by atoms with Crippen LogP contribution < -0.4 is 15.5 Å². The first kappa shape index (κ1) is 17.2. The van der Waals surface area contributed by atoms with Gasteiger partial charge in [-0.2, -0.15) is 5.10 Å². The molecule has 3 rings (SSSR count). The summed E-state index contributed by atoms with van der Waals surface area (Å²) in [7, 11) is 0. The van der Waals surface area contributed by atoms with Gasteiger partial charge in [-0.25, -0.2) is 14.2 Å². The Hall–Kier alpha value is -2.68. The molecule has 25 heavy (non-hydrogen) atoms. The van der Waals surface area contributed by atoms with E-state index in [9.17, 15) is 9.18 Å². The lowest BCUT2D eigenvalue weighted by molar-refractivity contribution is -0.00539. The summed E-state index contributed by atoms with van der Waals surface area (Å²) in [5.41, 5.74) is 0.889. The second kappa shape index (κ2) is 7.47. The molecule has 0 bridgehead atoms. The first-order chi connectivity index (χ1) is 12.0. The fraction of sp³-hybridized carbons (Fsp3) is 0.438. The standard InChI is InChI=1S/C16H21FN6O2/c1-10-7-23(8-11(2)25-10)14-4-3-12(5-13(14)17)21-16(24)18-6-15-19-9-20-22-15/h3-5,9-11H,6-8H2,1-2H3,(H2,18,21,24)(H,19,20,22)/t10-,11+. The summed E-state index contributed by atoms with van der Waals surface area (Å²) in [4.78, 5) is 17.7. The molecule has 3 N–H and O–H groups in total. The SMILES string of the molecule is C[C@@H]1CN(c2ccc(NC(=O)NCc3ncn[nH]3)cc2F)C[C@H](C)O1. The fourth-order valence-electron chi connectivity index (χ4n) is 2.87. The van der Waals surface area contributed by atoms with E-state index in [0.717, 1.165) is 0 Å². The van der Waals surface area contributed by atoms with Crippen molar-refractivity contribution in [2.45, 2.75) is 32.6 Å². The highest BCUT2D eigenvalue weighted by molar-refractivity contribution is 5.89. The fourth-order valence-corrected chi connectivity index (χ4v) is 2.87. The van der Waals surface area contributed by atoms with Crippen molar-refractivity contribution in [1.82, 2.24) is 20.5 Å². The van der Waals surface area contributed by atoms with E-state index in [4.69, 9.17) is 4.74 Å². The van der Waals surface area contributed by atoms with Crippen molar-refractivity contribution in [3.63, 3.8) is 0 Å². The highest BCUT2D eigenvalue weighted by atomic mass is 19.1. The number of nitrogens with one attached hydrogen (secondary N) is 3. The van der Waals surface area contributed by atoms with E-state index in [-0.39, 0.29) is 24.6 Å². The highest BCUT2D eigenvalue weighted by Crippen LogP contribution is 2.26. The Morgan fingerprint density at radius 2 is 2.16 bits per heavy atom. The minimum Gasteiger partial charge on any atom is -0.372 e. The largest absolute Gasteiger partial charge is 0.372 e. The predicted molar refractivity (Wildman–Crippen MR) is 90.9 cm³/mol. The number of urea groups is 1. The zero-order chi connectivity index (χ0) is 17.8. The van der Waals surface area contributed by atoms with Crippen LogP contribution in [0.3, 0.4) is 0 Å². The first-order valence-electron chi connectivity index (χ1n) is 8.10. The van der Waals surface area contributed by atoms with Crippen molar-refractivity contribution in [3.05, 3.63) is 36.2 Å². The van der Waals surface area contributed by atoms with Gasteiger partial charge in [-0.1, -0.05) is 0 Å². The molecule has 1 saturated heterocycles. The van der Waals surface area contributed by atoms with Crippen molar-refractivity contribution in [3.8, 4) is 0 Å². The van der Waals surface area contributed by atoms with Crippen LogP contribution in [0.4, 0.5) is 20.6 Å². The molecule has 0 unspecified atom stereocenters. The molecular weight excluding hydrogens is 327 g/mol. The number of benzene rings is 1. The molecule has 2 heterocycles. The smallest absolute Gasteiger partial charge is 0.319 e. The van der Waals surface area contributed by atoms with Gasteiger partial charge in [-0.3, -0.25) is 5.10 Å². The summed E-state index contributed by atoms with van der Waals surface area (Å²) in [5.74, 6) is 0.154. The third-order valence-electron chi connectivity index (χ3n) is 3.85. The van der Waals surface area contributed by atoms with E-state index in [1.807, 2.05) is 18.7 Å². The number of morpholine rings is 1. The Morgan fingerprint density at radius 1 is 1.40 bits per heavy atom. The number of H-pyrrole nitrogens is 1. The monoisotopic (exact) mass is 348 g/mol. The molecule has 0 saturated carbocycles. The lowest BCUT2D eigenvalue weighted by Gasteiger charge is -2.37. The summed E-state index contributed by atoms with van der Waals surface area (Å²) in [5, 5.41) is 11.5. The number of aromatic amines is 1. The molecule has 2 atom stereocenters. The minimum atomic E-state index is -0.447. The van der Waals surface area contributed by atoms with Gasteiger partial charge in [0.05, 0.1) is 24.4 Å². The van der Waals surface area contributed by atoms with Crippen LogP contribution in [0.25, 0.3) is 0 Å². The van der Waals surface area contributed by atoms with Gasteiger partial charge in [0.1, 0.15) is 18.0 Å². The van der Waals surface area contributed by atoms with Crippen LogP contribution in [0.15, 0.2) is 24.5 Å². The lowest BCUT2D eigenvalue weighted by atomic mass is 10.2. The van der Waals surface area contributed by atoms with Crippen molar-refractivity contribution in [1.29, 1.82) is 0 Å². The third kappa shape index (κ3) is 4.44. The molecule has 8 nitrogen and oxygen atoms in total. The van der Waals surface area contributed by atoms with Gasteiger partial charge in [0.25, 0.3) is 0 Å². The van der Waals surface area contributed by atoms with Crippen LogP contribution >= 0.6 is 0 Å². The molecule has 0 aliphatic carbocycles. The van der Waals surface area contributed by atoms with E-state index in [2.05, 4.69) is 25.8 Å². The van der Waals surface area contributed by atoms with Gasteiger partial charge in [0.15, 0.2) is 0 Å². The van der Waals surface area contributed by atoms with Crippen molar-refractivity contribution >= 4 is 17.4 Å². The van der Waals surface area contributed by atoms with E-state index < -0.39 is 6.03 Å². The lowest BCUT2D eigenvalue weighted by Crippen LogP contribution is -2.45. The maximum absolute atomic E-state index is 14.5. The van der Waals surface area contributed by atoms with E-state index in [1.165, 1.54) is 12.4 Å². The van der Waals surface area contributed by atoms with Crippen LogP contribution in [0.1, 0.15) is 19.7 Å². The van der Waals surface area contributed by atoms with Crippen LogP contribution in [-0.4, -0.2) is 46.5 Å². The maximum Gasteiger partial charge on any atom is 0.319 e. The Bertz CT molecular complexity index is 713. The molecule has 1 aliphatic heterocycles. The van der Waals surface area contributed by atoms with Gasteiger partial charge in [-0.05, 0) is 32.0 Å². The quantitative estimate of drug-likeness (QED) is 0.784. The molecule has 1 fully saturated rings. The summed E-state index contributed by atoms with van der Waals surface area (Å²) in [6.07, 6.45) is 1.45. The van der Waals surface area contributed by atoms with E-state index in [1.54, 1.807) is 12.1 Å². The second-order valence-electron chi connectivity index (χ2n) is 6.07. The molecule has 2 amide bonds. The number of hydrogen-bond donors (Lipinski definition) is 3. The Kier molecular flexibility index (Phi) is 5.13. The molecule has 134 valence electrons. The number of hydrogen-bond acceptors (Lipinski definition) is 5. The second-order valence-corrected chi connectivity index (χ2v) is 6.07. The summed E-state index contributed by atoms with van der Waals surface area (Å²) in [6.45, 7) is 5.40. The number of ether oxygens (including phenoxy) is 1. The molecule has 1 aromatic heterocycles. The molecule has 0 spiro atoms. The van der Waals surface area contributed by atoms with Gasteiger partial charge in [-0.15, -0.1) is 0 Å². The molecular formula is C16H21FN6O2. The zero-order valence-electron chi connectivity index (χ0n) is 14.1. The molecule has 1 aliphatic rings. The van der Waals surface area contributed by atoms with Gasteiger partial charge >= 0.3 is 6.03 Å². The van der Waals surface area contributed by atoms with Crippen LogP contribution in [0, 0.1) is 5.82 Å². The number of nitrogens with zero attached hydrogens (tertiary/aromatic N) is 3. The summed E-state index contributed by atoms with van der Waals surface area (Å²) in [6, 6.07) is 4.22. The third-order valence-corrected chi connectivity index (χ3v) is 3.85. The van der Waals surface area contributed by atoms with E-state index in [0.29, 0.717) is 30.3 Å². The minimum absolute atomic E-state index is 0.0443. The number of carbonyl (C=O) groups excluding carboxylic acids is 1. The number of halogens is 1. The Labute approximate surface area is 144 Å². The summed E-state index contributed by atoms with van der Waals surface area (Å²) >= 11 is 0. The Balaban J connectivity index is 1.60. The van der Waals surface area contributed by atoms with Gasteiger partial charge in [0.2, 0.25) is 0 Å². The van der Waals surface area contributed by atoms with Crippen LogP contribution in [-0.2, 0) is 11.3 Å². The van der Waals surface area contributed by atoms with Gasteiger partial charge in [0, 0.05) is 18.8 Å².